The lowest BCUT2D eigenvalue weighted by Gasteiger charge is -2.17. The molecule has 0 spiro atoms. The number of hydrogen-bond donors (Lipinski definition) is 0. The van der Waals surface area contributed by atoms with E-state index in [0.29, 0.717) is 0 Å². The molecule has 2 aromatic heterocycles. The molecule has 3 aromatic rings. The van der Waals surface area contributed by atoms with Crippen LogP contribution in [0.2, 0.25) is 0 Å². The van der Waals surface area contributed by atoms with Crippen LogP contribution in [0.3, 0.4) is 0 Å². The van der Waals surface area contributed by atoms with E-state index in [1.807, 2.05) is 11.3 Å². The third-order valence-electron chi connectivity index (χ3n) is 4.67. The summed E-state index contributed by atoms with van der Waals surface area (Å²) in [5, 5.41) is 1.31. The molecule has 2 aliphatic rings. The van der Waals surface area contributed by atoms with Crippen LogP contribution in [0.4, 0.5) is 5.82 Å². The van der Waals surface area contributed by atoms with Gasteiger partial charge in [-0.15, -0.1) is 11.3 Å². The summed E-state index contributed by atoms with van der Waals surface area (Å²) >= 11 is 5.43. The van der Waals surface area contributed by atoms with Gasteiger partial charge in [0.25, 0.3) is 0 Å². The number of anilines is 1. The summed E-state index contributed by atoms with van der Waals surface area (Å²) < 4.78 is 1.15. The highest BCUT2D eigenvalue weighted by Gasteiger charge is 2.26. The SMILES string of the molecule is Brc1ccc2c(c1)CN(c1ncnc3sc4c(c13)CCC4)C2. The molecular weight excluding hydrogens is 358 g/mol. The summed E-state index contributed by atoms with van der Waals surface area (Å²) in [4.78, 5) is 14.2. The maximum Gasteiger partial charge on any atom is 0.141 e. The number of aromatic nitrogens is 2. The van der Waals surface area contributed by atoms with Gasteiger partial charge in [-0.1, -0.05) is 22.0 Å². The first-order chi connectivity index (χ1) is 10.8. The van der Waals surface area contributed by atoms with Crippen molar-refractivity contribution in [3.05, 3.63) is 50.6 Å². The van der Waals surface area contributed by atoms with Crippen LogP contribution >= 0.6 is 27.3 Å². The normalized spacial score (nSPS) is 16.3. The minimum absolute atomic E-state index is 0.936. The van der Waals surface area contributed by atoms with Crippen molar-refractivity contribution < 1.29 is 0 Å². The number of nitrogens with zero attached hydrogens (tertiary/aromatic N) is 3. The Morgan fingerprint density at radius 1 is 1.09 bits per heavy atom. The summed E-state index contributed by atoms with van der Waals surface area (Å²) in [6.45, 7) is 1.88. The molecule has 0 saturated carbocycles. The fourth-order valence-electron chi connectivity index (χ4n) is 3.66. The molecule has 3 heterocycles. The van der Waals surface area contributed by atoms with Crippen molar-refractivity contribution in [1.29, 1.82) is 0 Å². The molecule has 1 aromatic carbocycles. The van der Waals surface area contributed by atoms with E-state index in [0.717, 1.165) is 28.2 Å². The molecular formula is C17H14BrN3S. The Kier molecular flexibility index (Phi) is 2.82. The molecule has 0 saturated heterocycles. The standard InChI is InChI=1S/C17H14BrN3S/c18-12-5-4-10-7-21(8-11(10)6-12)16-15-13-2-1-3-14(13)22-17(15)20-9-19-16/h4-6,9H,1-3,7-8H2. The van der Waals surface area contributed by atoms with Gasteiger partial charge in [-0.05, 0) is 48.1 Å². The summed E-state index contributed by atoms with van der Waals surface area (Å²) in [7, 11) is 0. The van der Waals surface area contributed by atoms with E-state index in [4.69, 9.17) is 0 Å². The molecule has 0 N–H and O–H groups in total. The minimum atomic E-state index is 0.936. The van der Waals surface area contributed by atoms with Crippen LogP contribution in [0.15, 0.2) is 29.0 Å². The molecule has 0 atom stereocenters. The molecule has 0 bridgehead atoms. The van der Waals surface area contributed by atoms with Crippen molar-refractivity contribution >= 4 is 43.3 Å². The Bertz CT molecular complexity index is 902. The van der Waals surface area contributed by atoms with Crippen molar-refractivity contribution in [3.8, 4) is 0 Å². The molecule has 1 aliphatic carbocycles. The van der Waals surface area contributed by atoms with Crippen molar-refractivity contribution in [3.63, 3.8) is 0 Å². The number of thiophene rings is 1. The highest BCUT2D eigenvalue weighted by molar-refractivity contribution is 9.10. The zero-order valence-electron chi connectivity index (χ0n) is 12.0. The summed E-state index contributed by atoms with van der Waals surface area (Å²) in [6.07, 6.45) is 5.39. The molecule has 0 radical (unpaired) electrons. The molecule has 0 fully saturated rings. The van der Waals surface area contributed by atoms with Gasteiger partial charge in [-0.2, -0.15) is 0 Å². The van der Waals surface area contributed by atoms with Crippen LogP contribution in [-0.2, 0) is 25.9 Å². The average molecular weight is 372 g/mol. The van der Waals surface area contributed by atoms with Gasteiger partial charge < -0.3 is 4.90 Å². The molecule has 0 unspecified atom stereocenters. The van der Waals surface area contributed by atoms with Gasteiger partial charge in [0.1, 0.15) is 17.0 Å². The van der Waals surface area contributed by atoms with Gasteiger partial charge in [0, 0.05) is 22.4 Å². The monoisotopic (exact) mass is 371 g/mol. The van der Waals surface area contributed by atoms with Gasteiger partial charge in [0.05, 0.1) is 5.39 Å². The Labute approximate surface area is 141 Å². The first-order valence-corrected chi connectivity index (χ1v) is 9.18. The first-order valence-electron chi connectivity index (χ1n) is 7.57. The highest BCUT2D eigenvalue weighted by atomic mass is 79.9. The lowest BCUT2D eigenvalue weighted by molar-refractivity contribution is 0.858. The maximum absolute atomic E-state index is 4.65. The summed E-state index contributed by atoms with van der Waals surface area (Å²) in [6, 6.07) is 6.57. The Morgan fingerprint density at radius 3 is 2.95 bits per heavy atom. The Balaban J connectivity index is 1.64. The smallest absolute Gasteiger partial charge is 0.141 e. The van der Waals surface area contributed by atoms with Gasteiger partial charge >= 0.3 is 0 Å². The van der Waals surface area contributed by atoms with Crippen molar-refractivity contribution in [2.24, 2.45) is 0 Å². The zero-order chi connectivity index (χ0) is 14.7. The third-order valence-corrected chi connectivity index (χ3v) is 6.36. The van der Waals surface area contributed by atoms with Crippen molar-refractivity contribution in [1.82, 2.24) is 9.97 Å². The summed E-state index contributed by atoms with van der Waals surface area (Å²) in [5.41, 5.74) is 4.31. The van der Waals surface area contributed by atoms with E-state index in [9.17, 15) is 0 Å². The molecule has 110 valence electrons. The molecule has 3 nitrogen and oxygen atoms in total. The first kappa shape index (κ1) is 13.0. The number of fused-ring (bicyclic) bond motifs is 4. The van der Waals surface area contributed by atoms with Gasteiger partial charge in [-0.25, -0.2) is 9.97 Å². The van der Waals surface area contributed by atoms with Gasteiger partial charge in [0.2, 0.25) is 0 Å². The van der Waals surface area contributed by atoms with Crippen LogP contribution < -0.4 is 4.90 Å². The number of benzene rings is 1. The molecule has 0 amide bonds. The fraction of sp³-hybridized carbons (Fsp3) is 0.294. The van der Waals surface area contributed by atoms with E-state index < -0.39 is 0 Å². The van der Waals surface area contributed by atoms with E-state index >= 15 is 0 Å². The maximum atomic E-state index is 4.65. The second-order valence-electron chi connectivity index (χ2n) is 6.00. The average Bonchev–Trinajstić information content (AvgIpc) is 3.18. The van der Waals surface area contributed by atoms with Crippen LogP contribution in [0.25, 0.3) is 10.2 Å². The topological polar surface area (TPSA) is 29.0 Å². The number of hydrogen-bond acceptors (Lipinski definition) is 4. The predicted molar refractivity (Wildman–Crippen MR) is 93.5 cm³/mol. The summed E-state index contributed by atoms with van der Waals surface area (Å²) in [5.74, 6) is 1.12. The van der Waals surface area contributed by atoms with Crippen LogP contribution in [0.5, 0.6) is 0 Å². The molecule has 5 heteroatoms. The number of aryl methyl sites for hydroxylation is 2. The zero-order valence-corrected chi connectivity index (χ0v) is 14.4. The van der Waals surface area contributed by atoms with E-state index in [2.05, 4.69) is 49.0 Å². The molecule has 1 aliphatic heterocycles. The second kappa shape index (κ2) is 4.77. The Morgan fingerprint density at radius 2 is 2.00 bits per heavy atom. The largest absolute Gasteiger partial charge is 0.347 e. The third kappa shape index (κ3) is 1.85. The number of rotatable bonds is 1. The van der Waals surface area contributed by atoms with Gasteiger partial charge in [0.15, 0.2) is 0 Å². The quantitative estimate of drug-likeness (QED) is 0.632. The molecule has 5 rings (SSSR count). The van der Waals surface area contributed by atoms with Crippen LogP contribution in [-0.4, -0.2) is 9.97 Å². The second-order valence-corrected chi connectivity index (χ2v) is 8.00. The minimum Gasteiger partial charge on any atom is -0.347 e. The van der Waals surface area contributed by atoms with E-state index in [1.165, 1.54) is 46.2 Å². The van der Waals surface area contributed by atoms with Crippen LogP contribution in [0.1, 0.15) is 28.0 Å². The lowest BCUT2D eigenvalue weighted by atomic mass is 10.1. The molecule has 22 heavy (non-hydrogen) atoms. The number of halogens is 1. The predicted octanol–water partition coefficient (Wildman–Crippen LogP) is 4.46. The fourth-order valence-corrected chi connectivity index (χ4v) is 5.30. The highest BCUT2D eigenvalue weighted by Crippen LogP contribution is 2.41. The van der Waals surface area contributed by atoms with E-state index in [-0.39, 0.29) is 0 Å². The Hall–Kier alpha value is -1.46. The van der Waals surface area contributed by atoms with Crippen LogP contribution in [0, 0.1) is 0 Å². The van der Waals surface area contributed by atoms with Crippen molar-refractivity contribution in [2.45, 2.75) is 32.4 Å². The van der Waals surface area contributed by atoms with E-state index in [1.54, 1.807) is 6.33 Å². The lowest BCUT2D eigenvalue weighted by Crippen LogP contribution is -2.16. The van der Waals surface area contributed by atoms with Gasteiger partial charge in [-0.3, -0.25) is 0 Å². The van der Waals surface area contributed by atoms with Crippen molar-refractivity contribution in [2.75, 3.05) is 4.90 Å².